The molecule has 0 spiro atoms. The second kappa shape index (κ2) is 5.63. The molecule has 1 aliphatic heterocycles. The first kappa shape index (κ1) is 13.1. The van der Waals surface area contributed by atoms with E-state index in [2.05, 4.69) is 19.7 Å². The highest BCUT2D eigenvalue weighted by Crippen LogP contribution is 2.32. The number of aromatic nitrogens is 3. The Morgan fingerprint density at radius 2 is 2.05 bits per heavy atom. The number of nitrogens with zero attached hydrogens (tertiary/aromatic N) is 3. The summed E-state index contributed by atoms with van der Waals surface area (Å²) in [7, 11) is 1.78. The monoisotopic (exact) mass is 282 g/mol. The van der Waals surface area contributed by atoms with E-state index in [1.165, 1.54) is 32.1 Å². The van der Waals surface area contributed by atoms with Crippen LogP contribution in [0.4, 0.5) is 5.95 Å². The van der Waals surface area contributed by atoms with Crippen molar-refractivity contribution in [1.29, 1.82) is 0 Å². The maximum absolute atomic E-state index is 5.44. The Bertz CT molecular complexity index is 477. The van der Waals surface area contributed by atoms with Crippen LogP contribution in [0.5, 0.6) is 0 Å². The minimum atomic E-state index is 0.324. The number of rotatable bonds is 3. The topological polar surface area (TPSA) is 46.1 Å². The van der Waals surface area contributed by atoms with Crippen LogP contribution in [0.1, 0.15) is 44.6 Å². The van der Waals surface area contributed by atoms with E-state index in [0.717, 1.165) is 30.2 Å². The number of aromatic amines is 1. The molecule has 1 unspecified atom stereocenters. The predicted molar refractivity (Wildman–Crippen MR) is 77.2 cm³/mol. The van der Waals surface area contributed by atoms with Crippen LogP contribution in [0.2, 0.25) is 0 Å². The second-order valence-corrected chi connectivity index (χ2v) is 5.97. The molecule has 1 N–H and O–H groups in total. The summed E-state index contributed by atoms with van der Waals surface area (Å²) in [6, 6.07) is 0.525. The summed E-state index contributed by atoms with van der Waals surface area (Å²) in [4.78, 5) is 2.30. The zero-order valence-corrected chi connectivity index (χ0v) is 12.3. The van der Waals surface area contributed by atoms with Gasteiger partial charge in [0.1, 0.15) is 0 Å². The second-order valence-electron chi connectivity index (χ2n) is 5.58. The minimum absolute atomic E-state index is 0.324. The number of anilines is 1. The van der Waals surface area contributed by atoms with Crippen LogP contribution in [0, 0.1) is 4.77 Å². The van der Waals surface area contributed by atoms with Gasteiger partial charge in [-0.2, -0.15) is 0 Å². The maximum atomic E-state index is 5.44. The maximum Gasteiger partial charge on any atom is 0.226 e. The van der Waals surface area contributed by atoms with Gasteiger partial charge in [0, 0.05) is 26.2 Å². The number of nitrogens with one attached hydrogen (secondary N) is 1. The van der Waals surface area contributed by atoms with Crippen LogP contribution in [0.25, 0.3) is 0 Å². The quantitative estimate of drug-likeness (QED) is 0.866. The highest BCUT2D eigenvalue weighted by molar-refractivity contribution is 7.71. The molecule has 3 rings (SSSR count). The number of H-pyrrole nitrogens is 1. The number of ether oxygens (including phenoxy) is 1. The van der Waals surface area contributed by atoms with Crippen molar-refractivity contribution >= 4 is 18.2 Å². The van der Waals surface area contributed by atoms with E-state index in [0.29, 0.717) is 12.1 Å². The predicted octanol–water partition coefficient (Wildman–Crippen LogP) is 2.67. The van der Waals surface area contributed by atoms with Crippen molar-refractivity contribution in [2.75, 3.05) is 25.1 Å². The fourth-order valence-corrected chi connectivity index (χ4v) is 3.57. The van der Waals surface area contributed by atoms with Gasteiger partial charge in [0.05, 0.1) is 6.10 Å². The van der Waals surface area contributed by atoms with E-state index < -0.39 is 0 Å². The summed E-state index contributed by atoms with van der Waals surface area (Å²) in [6.07, 6.45) is 7.80. The Morgan fingerprint density at radius 3 is 2.74 bits per heavy atom. The van der Waals surface area contributed by atoms with E-state index in [-0.39, 0.29) is 0 Å². The molecule has 1 saturated carbocycles. The summed E-state index contributed by atoms with van der Waals surface area (Å²) in [5.41, 5.74) is 0. The van der Waals surface area contributed by atoms with Crippen LogP contribution < -0.4 is 4.90 Å². The number of hydrogen-bond donors (Lipinski definition) is 1. The van der Waals surface area contributed by atoms with Gasteiger partial charge in [-0.05, 0) is 31.5 Å². The summed E-state index contributed by atoms with van der Waals surface area (Å²) in [6.45, 7) is 1.92. The normalized spacial score (nSPS) is 25.1. The molecule has 1 aromatic heterocycles. The SMILES string of the molecule is COC1CCN(c2n[nH]c(=S)n2C2CCCCC2)C1. The highest BCUT2D eigenvalue weighted by atomic mass is 32.1. The first-order valence-corrected chi connectivity index (χ1v) is 7.65. The van der Waals surface area contributed by atoms with E-state index in [4.69, 9.17) is 17.0 Å². The van der Waals surface area contributed by atoms with Crippen molar-refractivity contribution in [3.63, 3.8) is 0 Å². The molecule has 0 radical (unpaired) electrons. The number of methoxy groups -OCH3 is 1. The molecule has 0 aromatic carbocycles. The average Bonchev–Trinajstić information content (AvgIpc) is 3.05. The molecule has 2 heterocycles. The summed E-state index contributed by atoms with van der Waals surface area (Å²) in [5, 5.41) is 7.44. The van der Waals surface area contributed by atoms with E-state index in [1.54, 1.807) is 7.11 Å². The van der Waals surface area contributed by atoms with Gasteiger partial charge in [0.25, 0.3) is 0 Å². The molecular weight excluding hydrogens is 260 g/mol. The average molecular weight is 282 g/mol. The fourth-order valence-electron chi connectivity index (χ4n) is 3.29. The molecule has 19 heavy (non-hydrogen) atoms. The third-order valence-electron chi connectivity index (χ3n) is 4.39. The zero-order chi connectivity index (χ0) is 13.2. The molecular formula is C13H22N4OS. The van der Waals surface area contributed by atoms with E-state index in [9.17, 15) is 0 Å². The van der Waals surface area contributed by atoms with Crippen LogP contribution >= 0.6 is 12.2 Å². The van der Waals surface area contributed by atoms with Gasteiger partial charge in [0.15, 0.2) is 4.77 Å². The molecule has 1 aliphatic carbocycles. The van der Waals surface area contributed by atoms with Gasteiger partial charge in [0.2, 0.25) is 5.95 Å². The van der Waals surface area contributed by atoms with Crippen LogP contribution in [-0.2, 0) is 4.74 Å². The fraction of sp³-hybridized carbons (Fsp3) is 0.846. The van der Waals surface area contributed by atoms with Crippen molar-refractivity contribution in [2.24, 2.45) is 0 Å². The van der Waals surface area contributed by atoms with Crippen LogP contribution in [0.15, 0.2) is 0 Å². The molecule has 1 saturated heterocycles. The molecule has 106 valence electrons. The van der Waals surface area contributed by atoms with E-state index in [1.807, 2.05) is 0 Å². The van der Waals surface area contributed by atoms with Gasteiger partial charge >= 0.3 is 0 Å². The minimum Gasteiger partial charge on any atom is -0.380 e. The molecule has 0 bridgehead atoms. The van der Waals surface area contributed by atoms with Crippen molar-refractivity contribution in [3.8, 4) is 0 Å². The molecule has 0 amide bonds. The Labute approximate surface area is 118 Å². The van der Waals surface area contributed by atoms with Gasteiger partial charge < -0.3 is 9.64 Å². The van der Waals surface area contributed by atoms with Crippen LogP contribution in [0.3, 0.4) is 0 Å². The smallest absolute Gasteiger partial charge is 0.226 e. The molecule has 6 heteroatoms. The summed E-state index contributed by atoms with van der Waals surface area (Å²) in [5.74, 6) is 1.01. The molecule has 2 aliphatic rings. The Balaban J connectivity index is 1.84. The third-order valence-corrected chi connectivity index (χ3v) is 4.67. The van der Waals surface area contributed by atoms with Gasteiger partial charge in [-0.3, -0.25) is 4.57 Å². The van der Waals surface area contributed by atoms with Gasteiger partial charge in [-0.25, -0.2) is 5.10 Å². The first-order chi connectivity index (χ1) is 9.29. The standard InChI is InChI=1S/C13H22N4OS/c1-18-11-7-8-16(9-11)12-14-15-13(19)17(12)10-5-3-2-4-6-10/h10-11H,2-9H2,1H3,(H,15,19). The number of hydrogen-bond acceptors (Lipinski definition) is 4. The molecule has 1 atom stereocenters. The van der Waals surface area contributed by atoms with Crippen molar-refractivity contribution < 1.29 is 4.74 Å². The lowest BCUT2D eigenvalue weighted by Crippen LogP contribution is -2.27. The third kappa shape index (κ3) is 2.56. The van der Waals surface area contributed by atoms with Crippen LogP contribution in [-0.4, -0.2) is 41.1 Å². The lowest BCUT2D eigenvalue weighted by Gasteiger charge is -2.26. The Hall–Kier alpha value is -0.880. The first-order valence-electron chi connectivity index (χ1n) is 7.24. The molecule has 5 nitrogen and oxygen atoms in total. The van der Waals surface area contributed by atoms with Crippen molar-refractivity contribution in [2.45, 2.75) is 50.7 Å². The Morgan fingerprint density at radius 1 is 1.26 bits per heavy atom. The van der Waals surface area contributed by atoms with Gasteiger partial charge in [-0.1, -0.05) is 19.3 Å². The molecule has 1 aromatic rings. The largest absolute Gasteiger partial charge is 0.380 e. The lowest BCUT2D eigenvalue weighted by atomic mass is 9.95. The highest BCUT2D eigenvalue weighted by Gasteiger charge is 2.28. The van der Waals surface area contributed by atoms with Crippen molar-refractivity contribution in [3.05, 3.63) is 4.77 Å². The lowest BCUT2D eigenvalue weighted by molar-refractivity contribution is 0.121. The zero-order valence-electron chi connectivity index (χ0n) is 11.5. The Kier molecular flexibility index (Phi) is 3.88. The molecule has 2 fully saturated rings. The van der Waals surface area contributed by atoms with Crippen molar-refractivity contribution in [1.82, 2.24) is 14.8 Å². The van der Waals surface area contributed by atoms with E-state index >= 15 is 0 Å². The summed E-state index contributed by atoms with van der Waals surface area (Å²) < 4.78 is 8.45. The summed E-state index contributed by atoms with van der Waals surface area (Å²) >= 11 is 5.43. The van der Waals surface area contributed by atoms with Gasteiger partial charge in [-0.15, -0.1) is 5.10 Å².